The number of nitro groups is 1. The van der Waals surface area contributed by atoms with Crippen molar-refractivity contribution in [1.29, 1.82) is 0 Å². The maximum Gasteiger partial charge on any atom is 0.305 e. The number of hydrogen-bond donors (Lipinski definition) is 1. The van der Waals surface area contributed by atoms with E-state index in [0.29, 0.717) is 0 Å². The highest BCUT2D eigenvalue weighted by Gasteiger charge is 2.16. The number of aromatic nitrogens is 2. The zero-order chi connectivity index (χ0) is 13.7. The predicted molar refractivity (Wildman–Crippen MR) is 63.4 cm³/mol. The van der Waals surface area contributed by atoms with Gasteiger partial charge in [0.05, 0.1) is 11.3 Å². The smallest absolute Gasteiger partial charge is 0.305 e. The van der Waals surface area contributed by atoms with Crippen LogP contribution < -0.4 is 4.90 Å². The average molecular weight is 254 g/mol. The number of nitrogens with zero attached hydrogens (tertiary/aromatic N) is 4. The van der Waals surface area contributed by atoms with E-state index in [1.54, 1.807) is 4.90 Å². The number of anilines is 1. The van der Waals surface area contributed by atoms with Crippen LogP contribution in [-0.4, -0.2) is 38.6 Å². The van der Waals surface area contributed by atoms with Gasteiger partial charge in [-0.25, -0.2) is 9.97 Å². The molecule has 1 aromatic heterocycles. The fraction of sp³-hybridized carbons (Fsp3) is 0.500. The molecule has 0 aliphatic rings. The van der Waals surface area contributed by atoms with E-state index in [2.05, 4.69) is 9.97 Å². The summed E-state index contributed by atoms with van der Waals surface area (Å²) in [4.78, 5) is 29.9. The Morgan fingerprint density at radius 3 is 2.44 bits per heavy atom. The molecule has 0 spiro atoms. The summed E-state index contributed by atoms with van der Waals surface area (Å²) >= 11 is 0. The van der Waals surface area contributed by atoms with Crippen molar-refractivity contribution in [3.05, 3.63) is 22.5 Å². The third-order valence-corrected chi connectivity index (χ3v) is 2.28. The maximum atomic E-state index is 10.5. The van der Waals surface area contributed by atoms with Crippen molar-refractivity contribution >= 4 is 17.6 Å². The first-order valence-electron chi connectivity index (χ1n) is 5.36. The highest BCUT2D eigenvalue weighted by molar-refractivity contribution is 5.67. The molecule has 8 nitrogen and oxygen atoms in total. The third kappa shape index (κ3) is 3.65. The second-order valence-corrected chi connectivity index (χ2v) is 3.93. The highest BCUT2D eigenvalue weighted by Crippen LogP contribution is 2.14. The Morgan fingerprint density at radius 2 is 2.06 bits per heavy atom. The topological polar surface area (TPSA) is 109 Å². The van der Waals surface area contributed by atoms with Gasteiger partial charge in [0.15, 0.2) is 0 Å². The molecule has 0 amide bonds. The van der Waals surface area contributed by atoms with Gasteiger partial charge >= 0.3 is 11.7 Å². The van der Waals surface area contributed by atoms with Crippen LogP contribution in [0, 0.1) is 10.1 Å². The van der Waals surface area contributed by atoms with E-state index < -0.39 is 10.9 Å². The highest BCUT2D eigenvalue weighted by atomic mass is 16.6. The van der Waals surface area contributed by atoms with Gasteiger partial charge in [0.2, 0.25) is 5.95 Å². The molecular weight excluding hydrogens is 240 g/mol. The molecular formula is C10H14N4O4. The Morgan fingerprint density at radius 1 is 1.50 bits per heavy atom. The van der Waals surface area contributed by atoms with E-state index >= 15 is 0 Å². The molecule has 0 fully saturated rings. The number of carbonyl (C=O) groups is 1. The minimum atomic E-state index is -0.914. The molecule has 1 N–H and O–H groups in total. The largest absolute Gasteiger partial charge is 0.481 e. The maximum absolute atomic E-state index is 10.5. The zero-order valence-corrected chi connectivity index (χ0v) is 10.1. The Hall–Kier alpha value is -2.25. The summed E-state index contributed by atoms with van der Waals surface area (Å²) in [5.74, 6) is -0.626. The van der Waals surface area contributed by atoms with E-state index in [0.717, 1.165) is 12.4 Å². The molecule has 8 heteroatoms. The number of hydrogen-bond acceptors (Lipinski definition) is 6. The van der Waals surface area contributed by atoms with Crippen LogP contribution in [0.2, 0.25) is 0 Å². The lowest BCUT2D eigenvalue weighted by Gasteiger charge is -2.25. The van der Waals surface area contributed by atoms with Crippen molar-refractivity contribution < 1.29 is 14.8 Å². The summed E-state index contributed by atoms with van der Waals surface area (Å²) in [6.45, 7) is 3.99. The van der Waals surface area contributed by atoms with Crippen LogP contribution in [0.1, 0.15) is 20.3 Å². The Kier molecular flexibility index (Phi) is 4.52. The van der Waals surface area contributed by atoms with Gasteiger partial charge in [-0.15, -0.1) is 0 Å². The lowest BCUT2D eigenvalue weighted by Crippen LogP contribution is -2.34. The molecule has 0 saturated carbocycles. The molecule has 0 saturated heterocycles. The first kappa shape index (κ1) is 13.8. The van der Waals surface area contributed by atoms with Crippen LogP contribution in [0.4, 0.5) is 11.6 Å². The molecule has 0 aromatic carbocycles. The molecule has 0 aliphatic carbocycles. The molecule has 1 heterocycles. The van der Waals surface area contributed by atoms with Crippen LogP contribution in [-0.2, 0) is 4.79 Å². The summed E-state index contributed by atoms with van der Waals surface area (Å²) in [6.07, 6.45) is 2.18. The summed E-state index contributed by atoms with van der Waals surface area (Å²) in [5.41, 5.74) is -0.194. The normalized spacial score (nSPS) is 10.4. The fourth-order valence-electron chi connectivity index (χ4n) is 1.36. The summed E-state index contributed by atoms with van der Waals surface area (Å²) < 4.78 is 0. The lowest BCUT2D eigenvalue weighted by atomic mass is 10.3. The van der Waals surface area contributed by atoms with Gasteiger partial charge in [-0.1, -0.05) is 0 Å². The van der Waals surface area contributed by atoms with Crippen LogP contribution in [0.5, 0.6) is 0 Å². The average Bonchev–Trinajstić information content (AvgIpc) is 2.29. The first-order chi connectivity index (χ1) is 8.41. The van der Waals surface area contributed by atoms with E-state index in [9.17, 15) is 14.9 Å². The number of carboxylic acids is 1. The molecule has 98 valence electrons. The number of rotatable bonds is 6. The Balaban J connectivity index is 2.85. The molecule has 0 radical (unpaired) electrons. The Bertz CT molecular complexity index is 432. The van der Waals surface area contributed by atoms with Gasteiger partial charge in [-0.05, 0) is 13.8 Å². The molecule has 0 unspecified atom stereocenters. The van der Waals surface area contributed by atoms with Crippen molar-refractivity contribution in [2.45, 2.75) is 26.3 Å². The van der Waals surface area contributed by atoms with Gasteiger partial charge in [0, 0.05) is 12.6 Å². The van der Waals surface area contributed by atoms with Crippen LogP contribution in [0.15, 0.2) is 12.4 Å². The van der Waals surface area contributed by atoms with Crippen molar-refractivity contribution in [2.24, 2.45) is 0 Å². The third-order valence-electron chi connectivity index (χ3n) is 2.28. The van der Waals surface area contributed by atoms with Crippen molar-refractivity contribution in [1.82, 2.24) is 9.97 Å². The number of aliphatic carboxylic acids is 1. The van der Waals surface area contributed by atoms with Gasteiger partial charge in [0.25, 0.3) is 0 Å². The van der Waals surface area contributed by atoms with Crippen LogP contribution in [0.25, 0.3) is 0 Å². The molecule has 0 atom stereocenters. The van der Waals surface area contributed by atoms with Crippen molar-refractivity contribution in [3.8, 4) is 0 Å². The summed E-state index contributed by atoms with van der Waals surface area (Å²) in [7, 11) is 0. The molecule has 18 heavy (non-hydrogen) atoms. The standard InChI is InChI=1S/C10H14N4O4/c1-7(2)13(4-3-9(15)16)10-11-5-8(6-12-10)14(17)18/h5-7H,3-4H2,1-2H3,(H,15,16). The second kappa shape index (κ2) is 5.89. The second-order valence-electron chi connectivity index (χ2n) is 3.93. The van der Waals surface area contributed by atoms with E-state index in [1.807, 2.05) is 13.8 Å². The van der Waals surface area contributed by atoms with Gasteiger partial charge in [-0.2, -0.15) is 0 Å². The van der Waals surface area contributed by atoms with Crippen molar-refractivity contribution in [3.63, 3.8) is 0 Å². The van der Waals surface area contributed by atoms with E-state index in [4.69, 9.17) is 5.11 Å². The van der Waals surface area contributed by atoms with Crippen LogP contribution in [0.3, 0.4) is 0 Å². The molecule has 1 aromatic rings. The monoisotopic (exact) mass is 254 g/mol. The van der Waals surface area contributed by atoms with Crippen molar-refractivity contribution in [2.75, 3.05) is 11.4 Å². The lowest BCUT2D eigenvalue weighted by molar-refractivity contribution is -0.385. The predicted octanol–water partition coefficient (Wildman–Crippen LogP) is 1.07. The minimum absolute atomic E-state index is 0.00538. The Labute approximate surface area is 103 Å². The van der Waals surface area contributed by atoms with Gasteiger partial charge < -0.3 is 10.0 Å². The molecule has 0 aliphatic heterocycles. The molecule has 0 bridgehead atoms. The van der Waals surface area contributed by atoms with E-state index in [-0.39, 0.29) is 30.6 Å². The van der Waals surface area contributed by atoms with Crippen LogP contribution >= 0.6 is 0 Å². The first-order valence-corrected chi connectivity index (χ1v) is 5.36. The van der Waals surface area contributed by atoms with E-state index in [1.165, 1.54) is 0 Å². The summed E-state index contributed by atoms with van der Waals surface area (Å²) in [5, 5.41) is 19.1. The quantitative estimate of drug-likeness (QED) is 0.597. The zero-order valence-electron chi connectivity index (χ0n) is 10.1. The summed E-state index contributed by atoms with van der Waals surface area (Å²) in [6, 6.07) is 0.00538. The number of carboxylic acid groups (broad SMARTS) is 1. The van der Waals surface area contributed by atoms with Gasteiger partial charge in [-0.3, -0.25) is 14.9 Å². The molecule has 1 rings (SSSR count). The van der Waals surface area contributed by atoms with Gasteiger partial charge in [0.1, 0.15) is 12.4 Å². The minimum Gasteiger partial charge on any atom is -0.481 e. The fourth-order valence-corrected chi connectivity index (χ4v) is 1.36. The SMILES string of the molecule is CC(C)N(CCC(=O)O)c1ncc([N+](=O)[O-])cn1.